The third-order valence-corrected chi connectivity index (χ3v) is 4.18. The fraction of sp³-hybridized carbons (Fsp3) is 0. The minimum Gasteiger partial charge on any atom is -0.507 e. The molecule has 0 aromatic heterocycles. The summed E-state index contributed by atoms with van der Waals surface area (Å²) in [6.07, 6.45) is 0. The van der Waals surface area contributed by atoms with Crippen LogP contribution >= 0.6 is 11.6 Å². The number of hydrazone groups is 1. The predicted molar refractivity (Wildman–Crippen MR) is 108 cm³/mol. The minimum absolute atomic E-state index is 0.0341. The van der Waals surface area contributed by atoms with Crippen molar-refractivity contribution in [1.82, 2.24) is 0 Å². The van der Waals surface area contributed by atoms with Crippen LogP contribution in [0, 0.1) is 11.3 Å². The number of phenols is 1. The number of phenolic OH excluding ortho intramolecular Hbond substituents is 1. The van der Waals surface area contributed by atoms with Crippen molar-refractivity contribution in [2.75, 3.05) is 5.43 Å². The van der Waals surface area contributed by atoms with Crippen molar-refractivity contribution in [1.29, 1.82) is 5.26 Å². The van der Waals surface area contributed by atoms with Crippen LogP contribution in [0.5, 0.6) is 5.75 Å². The first-order valence-corrected chi connectivity index (χ1v) is 8.53. The Morgan fingerprint density at radius 3 is 2.36 bits per heavy atom. The van der Waals surface area contributed by atoms with Crippen LogP contribution in [0.25, 0.3) is 11.1 Å². The average molecular weight is 392 g/mol. The molecule has 0 atom stereocenters. The van der Waals surface area contributed by atoms with Crippen LogP contribution in [-0.2, 0) is 4.79 Å². The van der Waals surface area contributed by atoms with Crippen LogP contribution in [0.2, 0.25) is 5.02 Å². The number of nitriles is 1. The molecule has 0 spiro atoms. The first-order valence-electron chi connectivity index (χ1n) is 8.15. The zero-order valence-electron chi connectivity index (χ0n) is 14.4. The lowest BCUT2D eigenvalue weighted by Gasteiger charge is -2.11. The van der Waals surface area contributed by atoms with Crippen molar-refractivity contribution in [3.05, 3.63) is 82.9 Å². The van der Waals surface area contributed by atoms with E-state index in [0.29, 0.717) is 21.8 Å². The molecule has 0 radical (unpaired) electrons. The van der Waals surface area contributed by atoms with Gasteiger partial charge < -0.3 is 10.2 Å². The smallest absolute Gasteiger partial charge is 0.356 e. The highest BCUT2D eigenvalue weighted by atomic mass is 35.5. The van der Waals surface area contributed by atoms with E-state index in [1.807, 2.05) is 12.1 Å². The molecule has 0 fully saturated rings. The number of benzene rings is 3. The number of hydrogen-bond donors (Lipinski definition) is 3. The second kappa shape index (κ2) is 8.25. The summed E-state index contributed by atoms with van der Waals surface area (Å²) in [6, 6.07) is 20.2. The van der Waals surface area contributed by atoms with Crippen molar-refractivity contribution >= 4 is 29.0 Å². The molecule has 0 unspecified atom stereocenters. The molecular weight excluding hydrogens is 378 g/mol. The maximum Gasteiger partial charge on any atom is 0.356 e. The quantitative estimate of drug-likeness (QED) is 0.439. The van der Waals surface area contributed by atoms with Gasteiger partial charge in [-0.3, -0.25) is 5.43 Å². The summed E-state index contributed by atoms with van der Waals surface area (Å²) in [7, 11) is 0. The van der Waals surface area contributed by atoms with Gasteiger partial charge in [-0.2, -0.15) is 10.4 Å². The molecule has 0 aliphatic carbocycles. The Labute approximate surface area is 166 Å². The van der Waals surface area contributed by atoms with Gasteiger partial charge in [0.1, 0.15) is 17.4 Å². The zero-order chi connectivity index (χ0) is 20.1. The van der Waals surface area contributed by atoms with E-state index in [4.69, 9.17) is 11.6 Å². The highest BCUT2D eigenvalue weighted by molar-refractivity contribution is 6.42. The van der Waals surface area contributed by atoms with Crippen molar-refractivity contribution in [3.8, 4) is 22.9 Å². The molecule has 0 aliphatic rings. The van der Waals surface area contributed by atoms with E-state index < -0.39 is 5.97 Å². The molecule has 0 bridgehead atoms. The topological polar surface area (TPSA) is 106 Å². The Kier molecular flexibility index (Phi) is 5.58. The second-order valence-electron chi connectivity index (χ2n) is 5.78. The summed E-state index contributed by atoms with van der Waals surface area (Å²) >= 11 is 5.91. The number of carbonyl (C=O) groups is 1. The molecule has 3 aromatic carbocycles. The summed E-state index contributed by atoms with van der Waals surface area (Å²) in [5.74, 6) is -1.62. The minimum atomic E-state index is -1.28. The van der Waals surface area contributed by atoms with Gasteiger partial charge >= 0.3 is 5.97 Å². The summed E-state index contributed by atoms with van der Waals surface area (Å²) in [5.41, 5.74) is 4.16. The molecular formula is C21H14ClN3O3. The van der Waals surface area contributed by atoms with Crippen molar-refractivity contribution in [3.63, 3.8) is 0 Å². The van der Waals surface area contributed by atoms with Crippen LogP contribution in [-0.4, -0.2) is 21.9 Å². The Hall–Kier alpha value is -3.82. The van der Waals surface area contributed by atoms with Crippen LogP contribution < -0.4 is 5.43 Å². The number of hydrogen-bond acceptors (Lipinski definition) is 5. The van der Waals surface area contributed by atoms with Crippen LogP contribution in [0.15, 0.2) is 71.8 Å². The summed E-state index contributed by atoms with van der Waals surface area (Å²) in [4.78, 5) is 11.7. The number of aliphatic carboxylic acids is 1. The molecule has 3 aromatic rings. The molecule has 0 saturated carbocycles. The van der Waals surface area contributed by atoms with E-state index in [2.05, 4.69) is 10.5 Å². The molecule has 7 heteroatoms. The van der Waals surface area contributed by atoms with Crippen LogP contribution in [0.4, 0.5) is 5.69 Å². The van der Waals surface area contributed by atoms with Crippen molar-refractivity contribution in [2.24, 2.45) is 5.10 Å². The fourth-order valence-corrected chi connectivity index (χ4v) is 2.73. The van der Waals surface area contributed by atoms with Crippen molar-refractivity contribution < 1.29 is 15.0 Å². The Morgan fingerprint density at radius 1 is 1.07 bits per heavy atom. The number of para-hydroxylation sites is 1. The SMILES string of the molecule is N#Cc1c(O)cc(/C(=N/Nc2ccccc2)C(=O)O)cc1-c1ccc(Cl)cc1. The van der Waals surface area contributed by atoms with Gasteiger partial charge in [-0.1, -0.05) is 41.9 Å². The third kappa shape index (κ3) is 4.11. The first-order chi connectivity index (χ1) is 13.5. The van der Waals surface area contributed by atoms with Gasteiger partial charge in [0.25, 0.3) is 0 Å². The largest absolute Gasteiger partial charge is 0.507 e. The lowest BCUT2D eigenvalue weighted by atomic mass is 9.95. The number of rotatable bonds is 5. The standard InChI is InChI=1S/C21H14ClN3O3/c22-15-8-6-13(7-9-15)17-10-14(11-19(26)18(17)12-23)20(21(27)28)25-24-16-4-2-1-3-5-16/h1-11,24,26H,(H,27,28)/b25-20-. The lowest BCUT2D eigenvalue weighted by Crippen LogP contribution is -2.16. The maximum atomic E-state index is 11.7. The summed E-state index contributed by atoms with van der Waals surface area (Å²) in [5, 5.41) is 33.8. The zero-order valence-corrected chi connectivity index (χ0v) is 15.2. The third-order valence-electron chi connectivity index (χ3n) is 3.93. The van der Waals surface area contributed by atoms with E-state index in [9.17, 15) is 20.3 Å². The molecule has 0 aliphatic heterocycles. The molecule has 28 heavy (non-hydrogen) atoms. The highest BCUT2D eigenvalue weighted by Gasteiger charge is 2.19. The van der Waals surface area contributed by atoms with Gasteiger partial charge in [0.05, 0.1) is 5.69 Å². The normalized spacial score (nSPS) is 10.9. The first kappa shape index (κ1) is 19.0. The number of nitrogens with one attached hydrogen (secondary N) is 1. The average Bonchev–Trinajstić information content (AvgIpc) is 2.69. The van der Waals surface area contributed by atoms with Crippen LogP contribution in [0.3, 0.4) is 0 Å². The highest BCUT2D eigenvalue weighted by Crippen LogP contribution is 2.32. The van der Waals surface area contributed by atoms with E-state index in [1.165, 1.54) is 12.1 Å². The Balaban J connectivity index is 2.10. The molecule has 0 heterocycles. The molecule has 3 N–H and O–H groups in total. The van der Waals surface area contributed by atoms with E-state index in [-0.39, 0.29) is 22.6 Å². The lowest BCUT2D eigenvalue weighted by molar-refractivity contribution is -0.129. The number of aromatic hydroxyl groups is 1. The monoisotopic (exact) mass is 391 g/mol. The number of nitrogens with zero attached hydrogens (tertiary/aromatic N) is 2. The fourth-order valence-electron chi connectivity index (χ4n) is 2.61. The van der Waals surface area contributed by atoms with E-state index in [1.54, 1.807) is 48.5 Å². The van der Waals surface area contributed by atoms with Gasteiger partial charge in [-0.15, -0.1) is 0 Å². The van der Waals surface area contributed by atoms with Crippen LogP contribution in [0.1, 0.15) is 11.1 Å². The number of carboxylic acid groups (broad SMARTS) is 1. The van der Waals surface area contributed by atoms with E-state index >= 15 is 0 Å². The van der Waals surface area contributed by atoms with Gasteiger partial charge in [0, 0.05) is 16.1 Å². The Bertz CT molecular complexity index is 1090. The van der Waals surface area contributed by atoms with E-state index in [0.717, 1.165) is 0 Å². The van der Waals surface area contributed by atoms with Gasteiger partial charge in [-0.05, 0) is 42.0 Å². The number of halogens is 1. The molecule has 0 saturated heterocycles. The van der Waals surface area contributed by atoms with Gasteiger partial charge in [0.2, 0.25) is 0 Å². The molecule has 3 rings (SSSR count). The van der Waals surface area contributed by atoms with Gasteiger partial charge in [0.15, 0.2) is 5.71 Å². The summed E-state index contributed by atoms with van der Waals surface area (Å²) in [6.45, 7) is 0. The molecule has 138 valence electrons. The summed E-state index contributed by atoms with van der Waals surface area (Å²) < 4.78 is 0. The van der Waals surface area contributed by atoms with Gasteiger partial charge in [-0.25, -0.2) is 4.79 Å². The molecule has 0 amide bonds. The van der Waals surface area contributed by atoms with Crippen molar-refractivity contribution in [2.45, 2.75) is 0 Å². The number of carboxylic acids is 1. The predicted octanol–water partition coefficient (Wildman–Crippen LogP) is 4.49. The maximum absolute atomic E-state index is 11.7. The number of anilines is 1. The second-order valence-corrected chi connectivity index (χ2v) is 6.22. The molecule has 6 nitrogen and oxygen atoms in total. The Morgan fingerprint density at radius 2 is 1.75 bits per heavy atom.